The van der Waals surface area contributed by atoms with Crippen LogP contribution in [0.5, 0.6) is 5.75 Å². The van der Waals surface area contributed by atoms with Crippen molar-refractivity contribution in [2.45, 2.75) is 36.8 Å². The summed E-state index contributed by atoms with van der Waals surface area (Å²) in [5, 5.41) is 10.6. The van der Waals surface area contributed by atoms with Crippen molar-refractivity contribution < 1.29 is 23.4 Å². The first-order valence-corrected chi connectivity index (χ1v) is 13.3. The van der Waals surface area contributed by atoms with Gasteiger partial charge in [-0.15, -0.1) is 11.8 Å². The number of carboxylic acids is 1. The van der Waals surface area contributed by atoms with E-state index in [2.05, 4.69) is 9.88 Å². The summed E-state index contributed by atoms with van der Waals surface area (Å²) in [5.41, 5.74) is 1.28. The van der Waals surface area contributed by atoms with Gasteiger partial charge in [0.1, 0.15) is 17.7 Å². The first kappa shape index (κ1) is 26.4. The maximum atomic E-state index is 15.4. The number of carboxylic acid groups (broad SMARTS) is 1. The average molecular weight is 515 g/mol. The van der Waals surface area contributed by atoms with E-state index in [9.17, 15) is 14.3 Å². The van der Waals surface area contributed by atoms with Crippen LogP contribution < -0.4 is 4.74 Å². The zero-order chi connectivity index (χ0) is 25.5. The van der Waals surface area contributed by atoms with Gasteiger partial charge in [-0.1, -0.05) is 0 Å². The van der Waals surface area contributed by atoms with Gasteiger partial charge in [0.15, 0.2) is 0 Å². The summed E-state index contributed by atoms with van der Waals surface area (Å²) < 4.78 is 33.7. The molecule has 1 aliphatic heterocycles. The molecule has 1 unspecified atom stereocenters. The molecular formula is C28H32F2N2O3S. The fourth-order valence-corrected chi connectivity index (χ4v) is 5.81. The highest BCUT2D eigenvalue weighted by Gasteiger charge is 2.34. The number of carbonyl (C=O) groups is 1. The second-order valence-electron chi connectivity index (χ2n) is 9.28. The second-order valence-corrected chi connectivity index (χ2v) is 10.4. The molecular weight excluding hydrogens is 482 g/mol. The Bertz CT molecular complexity index is 1160. The Morgan fingerprint density at radius 3 is 2.81 bits per heavy atom. The molecule has 4 rings (SSSR count). The molecule has 3 atom stereocenters. The van der Waals surface area contributed by atoms with Gasteiger partial charge in [0.25, 0.3) is 0 Å². The minimum absolute atomic E-state index is 0.0479. The van der Waals surface area contributed by atoms with E-state index >= 15 is 4.39 Å². The zero-order valence-electron chi connectivity index (χ0n) is 20.4. The first-order chi connectivity index (χ1) is 17.4. The first-order valence-electron chi connectivity index (χ1n) is 12.3. The monoisotopic (exact) mass is 514 g/mol. The van der Waals surface area contributed by atoms with Crippen molar-refractivity contribution in [3.05, 3.63) is 66.1 Å². The fourth-order valence-electron chi connectivity index (χ4n) is 4.97. The molecule has 3 aromatic rings. The number of benzene rings is 2. The van der Waals surface area contributed by atoms with Crippen molar-refractivity contribution in [1.82, 2.24) is 9.88 Å². The highest BCUT2D eigenvalue weighted by atomic mass is 32.2. The van der Waals surface area contributed by atoms with Gasteiger partial charge in [0, 0.05) is 23.0 Å². The molecule has 2 aromatic carbocycles. The normalized spacial score (nSPS) is 19.3. The molecule has 0 spiro atoms. The van der Waals surface area contributed by atoms with E-state index in [1.165, 1.54) is 12.1 Å². The summed E-state index contributed by atoms with van der Waals surface area (Å²) in [6.07, 6.45) is 2.89. The lowest BCUT2D eigenvalue weighted by Crippen LogP contribution is -2.44. The van der Waals surface area contributed by atoms with Gasteiger partial charge in [0.05, 0.1) is 18.5 Å². The number of thioether (sulfide) groups is 1. The SMILES string of the molecule is COc1ccc2nccc(C(F)CC[C@@H]3CCN(CCCSc4ccc(F)cc4)C[C@@H]3C(=O)O)c2c1. The lowest BCUT2D eigenvalue weighted by molar-refractivity contribution is -0.146. The van der Waals surface area contributed by atoms with Gasteiger partial charge in [-0.3, -0.25) is 9.78 Å². The Morgan fingerprint density at radius 1 is 1.25 bits per heavy atom. The van der Waals surface area contributed by atoms with Gasteiger partial charge in [-0.25, -0.2) is 8.78 Å². The zero-order valence-corrected chi connectivity index (χ0v) is 21.2. The smallest absolute Gasteiger partial charge is 0.308 e. The van der Waals surface area contributed by atoms with Crippen molar-refractivity contribution >= 4 is 28.6 Å². The molecule has 0 bridgehead atoms. The molecule has 0 saturated carbocycles. The number of hydrogen-bond donors (Lipinski definition) is 1. The largest absolute Gasteiger partial charge is 0.497 e. The molecule has 1 aliphatic rings. The van der Waals surface area contributed by atoms with Crippen LogP contribution in [0.3, 0.4) is 0 Å². The molecule has 0 radical (unpaired) electrons. The molecule has 8 heteroatoms. The molecule has 5 nitrogen and oxygen atoms in total. The maximum absolute atomic E-state index is 15.4. The number of rotatable bonds is 11. The number of nitrogens with zero attached hydrogens (tertiary/aromatic N) is 2. The van der Waals surface area contributed by atoms with Crippen LogP contribution in [-0.2, 0) is 4.79 Å². The van der Waals surface area contributed by atoms with Gasteiger partial charge in [0.2, 0.25) is 0 Å². The fraction of sp³-hybridized carbons (Fsp3) is 0.429. The Morgan fingerprint density at radius 2 is 2.06 bits per heavy atom. The summed E-state index contributed by atoms with van der Waals surface area (Å²) >= 11 is 1.67. The van der Waals surface area contributed by atoms with E-state index in [0.717, 1.165) is 42.0 Å². The standard InChI is InChI=1S/C28H32F2N2O3S/c1-35-21-6-10-27-24(17-21)23(11-13-31-27)26(30)9-3-19-12-15-32(18-25(19)28(33)34)14-2-16-36-22-7-4-20(29)5-8-22/h4-8,10-11,13,17,19,25-26H,2-3,9,12,14-16,18H2,1H3,(H,33,34)/t19-,25+,26?/m1/s1. The van der Waals surface area contributed by atoms with Gasteiger partial charge in [-0.05, 0) is 105 Å². The third-order valence-electron chi connectivity index (χ3n) is 6.97. The number of hydrogen-bond acceptors (Lipinski definition) is 5. The van der Waals surface area contributed by atoms with Crippen LogP contribution >= 0.6 is 11.8 Å². The number of ether oxygens (including phenoxy) is 1. The Labute approximate surface area is 214 Å². The molecule has 1 fully saturated rings. The Balaban J connectivity index is 1.29. The number of likely N-dealkylation sites (tertiary alicyclic amines) is 1. The highest BCUT2D eigenvalue weighted by Crippen LogP contribution is 2.35. The molecule has 2 heterocycles. The van der Waals surface area contributed by atoms with Gasteiger partial charge >= 0.3 is 5.97 Å². The lowest BCUT2D eigenvalue weighted by Gasteiger charge is -2.36. The number of pyridine rings is 1. The van der Waals surface area contributed by atoms with E-state index in [4.69, 9.17) is 4.74 Å². The van der Waals surface area contributed by atoms with Crippen LogP contribution in [0.2, 0.25) is 0 Å². The van der Waals surface area contributed by atoms with E-state index < -0.39 is 18.1 Å². The molecule has 1 saturated heterocycles. The molecule has 192 valence electrons. The summed E-state index contributed by atoms with van der Waals surface area (Å²) in [7, 11) is 1.58. The number of piperidine rings is 1. The topological polar surface area (TPSA) is 62.7 Å². The Hall–Kier alpha value is -2.71. The third kappa shape index (κ3) is 6.73. The van der Waals surface area contributed by atoms with Gasteiger partial charge in [-0.2, -0.15) is 0 Å². The predicted octanol–water partition coefficient (Wildman–Crippen LogP) is 6.38. The van der Waals surface area contributed by atoms with Crippen LogP contribution in [0.15, 0.2) is 59.6 Å². The number of halogens is 2. The highest BCUT2D eigenvalue weighted by molar-refractivity contribution is 7.99. The molecule has 1 N–H and O–H groups in total. The molecule has 0 amide bonds. The molecule has 36 heavy (non-hydrogen) atoms. The van der Waals surface area contributed by atoms with E-state index in [1.54, 1.807) is 55.4 Å². The second kappa shape index (κ2) is 12.5. The van der Waals surface area contributed by atoms with Crippen molar-refractivity contribution in [2.24, 2.45) is 11.8 Å². The van der Waals surface area contributed by atoms with E-state index in [-0.39, 0.29) is 18.2 Å². The predicted molar refractivity (Wildman–Crippen MR) is 139 cm³/mol. The Kier molecular flexibility index (Phi) is 9.15. The van der Waals surface area contributed by atoms with Crippen molar-refractivity contribution in [1.29, 1.82) is 0 Å². The number of alkyl halides is 1. The van der Waals surface area contributed by atoms with Crippen LogP contribution in [0.4, 0.5) is 8.78 Å². The van der Waals surface area contributed by atoms with Crippen LogP contribution in [-0.4, -0.2) is 53.5 Å². The number of aliphatic carboxylic acids is 1. The minimum Gasteiger partial charge on any atom is -0.497 e. The summed E-state index contributed by atoms with van der Waals surface area (Å²) in [4.78, 5) is 19.6. The van der Waals surface area contributed by atoms with Gasteiger partial charge < -0.3 is 14.7 Å². The van der Waals surface area contributed by atoms with Crippen molar-refractivity contribution in [3.63, 3.8) is 0 Å². The molecule has 1 aromatic heterocycles. The van der Waals surface area contributed by atoms with Crippen molar-refractivity contribution in [3.8, 4) is 5.75 Å². The maximum Gasteiger partial charge on any atom is 0.308 e. The summed E-state index contributed by atoms with van der Waals surface area (Å²) in [6.45, 7) is 2.14. The van der Waals surface area contributed by atoms with Crippen molar-refractivity contribution in [2.75, 3.05) is 32.5 Å². The van der Waals surface area contributed by atoms with E-state index in [0.29, 0.717) is 29.8 Å². The van der Waals surface area contributed by atoms with Crippen LogP contribution in [0, 0.1) is 17.7 Å². The quantitative estimate of drug-likeness (QED) is 0.237. The third-order valence-corrected chi connectivity index (χ3v) is 8.07. The van der Waals surface area contributed by atoms with Crippen LogP contribution in [0.25, 0.3) is 10.9 Å². The lowest BCUT2D eigenvalue weighted by atomic mass is 9.81. The average Bonchev–Trinajstić information content (AvgIpc) is 2.90. The number of aromatic nitrogens is 1. The summed E-state index contributed by atoms with van der Waals surface area (Å²) in [5.74, 6) is -0.0517. The van der Waals surface area contributed by atoms with E-state index in [1.807, 2.05) is 6.07 Å². The minimum atomic E-state index is -1.20. The number of fused-ring (bicyclic) bond motifs is 1. The molecule has 0 aliphatic carbocycles. The summed E-state index contributed by atoms with van der Waals surface area (Å²) in [6, 6.07) is 13.6. The number of methoxy groups -OCH3 is 1. The van der Waals surface area contributed by atoms with Crippen LogP contribution in [0.1, 0.15) is 37.4 Å².